The SMILES string of the molecule is CC(C)c1nsc(C(C)C(C)N)n1. The van der Waals surface area contributed by atoms with Gasteiger partial charge in [0.05, 0.1) is 0 Å². The third-order valence-electron chi connectivity index (χ3n) is 2.15. The standard InChI is InChI=1S/C9H17N3S/c1-5(2)8-11-9(13-12-8)6(3)7(4)10/h5-7H,10H2,1-4H3. The van der Waals surface area contributed by atoms with Crippen LogP contribution in [0.1, 0.15) is 50.4 Å². The first-order valence-corrected chi connectivity index (χ1v) is 5.38. The molecule has 0 aliphatic carbocycles. The highest BCUT2D eigenvalue weighted by atomic mass is 32.1. The molecule has 0 aliphatic heterocycles. The Hall–Kier alpha value is -0.480. The van der Waals surface area contributed by atoms with Crippen molar-refractivity contribution in [2.75, 3.05) is 0 Å². The fourth-order valence-corrected chi connectivity index (χ4v) is 1.85. The summed E-state index contributed by atoms with van der Waals surface area (Å²) in [5, 5.41) is 1.05. The van der Waals surface area contributed by atoms with Crippen molar-refractivity contribution in [3.05, 3.63) is 10.8 Å². The summed E-state index contributed by atoms with van der Waals surface area (Å²) in [6.07, 6.45) is 0. The van der Waals surface area contributed by atoms with Crippen LogP contribution in [-0.2, 0) is 0 Å². The Kier molecular flexibility index (Phi) is 3.39. The lowest BCUT2D eigenvalue weighted by Crippen LogP contribution is -2.22. The fourth-order valence-electron chi connectivity index (χ4n) is 0.892. The van der Waals surface area contributed by atoms with Crippen LogP contribution in [0.5, 0.6) is 0 Å². The van der Waals surface area contributed by atoms with E-state index in [2.05, 4.69) is 30.1 Å². The van der Waals surface area contributed by atoms with Crippen molar-refractivity contribution in [1.82, 2.24) is 9.36 Å². The zero-order valence-corrected chi connectivity index (χ0v) is 9.43. The lowest BCUT2D eigenvalue weighted by Gasteiger charge is -2.10. The van der Waals surface area contributed by atoms with E-state index in [4.69, 9.17) is 5.73 Å². The van der Waals surface area contributed by atoms with E-state index >= 15 is 0 Å². The Bertz CT molecular complexity index is 268. The summed E-state index contributed by atoms with van der Waals surface area (Å²) in [4.78, 5) is 4.46. The average Bonchev–Trinajstić information content (AvgIpc) is 2.50. The first-order chi connectivity index (χ1) is 6.02. The molecule has 0 spiro atoms. The fraction of sp³-hybridized carbons (Fsp3) is 0.778. The summed E-state index contributed by atoms with van der Waals surface area (Å²) in [6, 6.07) is 0.146. The van der Waals surface area contributed by atoms with Crippen molar-refractivity contribution in [2.24, 2.45) is 5.73 Å². The minimum Gasteiger partial charge on any atom is -0.327 e. The number of hydrogen-bond acceptors (Lipinski definition) is 4. The summed E-state index contributed by atoms with van der Waals surface area (Å²) < 4.78 is 4.29. The van der Waals surface area contributed by atoms with Crippen molar-refractivity contribution in [1.29, 1.82) is 0 Å². The van der Waals surface area contributed by atoms with Crippen molar-refractivity contribution >= 4 is 11.5 Å². The van der Waals surface area contributed by atoms with Gasteiger partial charge < -0.3 is 5.73 Å². The second kappa shape index (κ2) is 4.15. The Morgan fingerprint density at radius 3 is 2.23 bits per heavy atom. The maximum Gasteiger partial charge on any atom is 0.145 e. The quantitative estimate of drug-likeness (QED) is 0.811. The molecule has 2 N–H and O–H groups in total. The van der Waals surface area contributed by atoms with Gasteiger partial charge in [-0.05, 0) is 18.5 Å². The number of nitrogens with zero attached hydrogens (tertiary/aromatic N) is 2. The van der Waals surface area contributed by atoms with Gasteiger partial charge in [0, 0.05) is 17.9 Å². The molecule has 3 nitrogen and oxygen atoms in total. The molecule has 2 unspecified atom stereocenters. The maximum absolute atomic E-state index is 5.79. The third-order valence-corrected chi connectivity index (χ3v) is 3.08. The van der Waals surface area contributed by atoms with Crippen LogP contribution in [0, 0.1) is 0 Å². The maximum atomic E-state index is 5.79. The Morgan fingerprint density at radius 2 is 1.85 bits per heavy atom. The summed E-state index contributed by atoms with van der Waals surface area (Å²) in [6.45, 7) is 8.29. The van der Waals surface area contributed by atoms with Gasteiger partial charge in [-0.15, -0.1) is 0 Å². The zero-order chi connectivity index (χ0) is 10.0. The van der Waals surface area contributed by atoms with Crippen LogP contribution in [0.3, 0.4) is 0 Å². The normalized spacial score (nSPS) is 16.2. The molecule has 0 saturated heterocycles. The largest absolute Gasteiger partial charge is 0.327 e. The first kappa shape index (κ1) is 10.6. The lowest BCUT2D eigenvalue weighted by atomic mass is 10.1. The van der Waals surface area contributed by atoms with Crippen LogP contribution < -0.4 is 5.73 Å². The third kappa shape index (κ3) is 2.48. The van der Waals surface area contributed by atoms with Gasteiger partial charge in [-0.2, -0.15) is 4.37 Å². The van der Waals surface area contributed by atoms with Gasteiger partial charge in [-0.3, -0.25) is 0 Å². The Balaban J connectivity index is 2.79. The van der Waals surface area contributed by atoms with E-state index < -0.39 is 0 Å². The van der Waals surface area contributed by atoms with Crippen LogP contribution >= 0.6 is 11.5 Å². The summed E-state index contributed by atoms with van der Waals surface area (Å²) >= 11 is 1.47. The zero-order valence-electron chi connectivity index (χ0n) is 8.61. The molecule has 0 fully saturated rings. The molecule has 1 aromatic rings. The molecule has 74 valence electrons. The molecule has 1 aromatic heterocycles. The van der Waals surface area contributed by atoms with Crippen LogP contribution in [0.15, 0.2) is 0 Å². The molecule has 0 bridgehead atoms. The molecular formula is C9H17N3S. The molecule has 0 amide bonds. The number of aromatic nitrogens is 2. The van der Waals surface area contributed by atoms with E-state index in [1.54, 1.807) is 0 Å². The molecule has 1 rings (SSSR count). The molecule has 1 heterocycles. The van der Waals surface area contributed by atoms with Crippen molar-refractivity contribution < 1.29 is 0 Å². The highest BCUT2D eigenvalue weighted by Crippen LogP contribution is 2.22. The molecule has 2 atom stereocenters. The molecule has 13 heavy (non-hydrogen) atoms. The first-order valence-electron chi connectivity index (χ1n) is 4.61. The van der Waals surface area contributed by atoms with Crippen LogP contribution in [-0.4, -0.2) is 15.4 Å². The summed E-state index contributed by atoms with van der Waals surface area (Å²) in [5.41, 5.74) is 5.79. The van der Waals surface area contributed by atoms with Crippen molar-refractivity contribution in [3.8, 4) is 0 Å². The topological polar surface area (TPSA) is 51.8 Å². The van der Waals surface area contributed by atoms with E-state index in [1.165, 1.54) is 11.5 Å². The molecular weight excluding hydrogens is 182 g/mol. The highest BCUT2D eigenvalue weighted by molar-refractivity contribution is 7.05. The minimum atomic E-state index is 0.146. The van der Waals surface area contributed by atoms with E-state index in [9.17, 15) is 0 Å². The predicted octanol–water partition coefficient (Wildman–Crippen LogP) is 2.11. The lowest BCUT2D eigenvalue weighted by molar-refractivity contribution is 0.606. The molecule has 0 aliphatic rings. The van der Waals surface area contributed by atoms with Crippen LogP contribution in [0.25, 0.3) is 0 Å². The highest BCUT2D eigenvalue weighted by Gasteiger charge is 2.16. The number of rotatable bonds is 3. The van der Waals surface area contributed by atoms with Gasteiger partial charge in [-0.25, -0.2) is 4.98 Å². The predicted molar refractivity (Wildman–Crippen MR) is 56.1 cm³/mol. The van der Waals surface area contributed by atoms with Gasteiger partial charge in [0.2, 0.25) is 0 Å². The van der Waals surface area contributed by atoms with E-state index in [-0.39, 0.29) is 6.04 Å². The molecule has 0 radical (unpaired) electrons. The number of hydrogen-bond donors (Lipinski definition) is 1. The Labute approximate surface area is 83.5 Å². The monoisotopic (exact) mass is 199 g/mol. The molecule has 4 heteroatoms. The Morgan fingerprint density at radius 1 is 1.23 bits per heavy atom. The van der Waals surface area contributed by atoms with Crippen molar-refractivity contribution in [3.63, 3.8) is 0 Å². The van der Waals surface area contributed by atoms with Crippen LogP contribution in [0.4, 0.5) is 0 Å². The van der Waals surface area contributed by atoms with Gasteiger partial charge in [0.25, 0.3) is 0 Å². The second-order valence-electron chi connectivity index (χ2n) is 3.79. The van der Waals surface area contributed by atoms with E-state index in [0.717, 1.165) is 10.8 Å². The van der Waals surface area contributed by atoms with Gasteiger partial charge in [0.1, 0.15) is 10.8 Å². The smallest absolute Gasteiger partial charge is 0.145 e. The van der Waals surface area contributed by atoms with E-state index in [1.807, 2.05) is 6.92 Å². The minimum absolute atomic E-state index is 0.146. The summed E-state index contributed by atoms with van der Waals surface area (Å²) in [5.74, 6) is 1.66. The summed E-state index contributed by atoms with van der Waals surface area (Å²) in [7, 11) is 0. The average molecular weight is 199 g/mol. The van der Waals surface area contributed by atoms with Crippen molar-refractivity contribution in [2.45, 2.75) is 45.6 Å². The number of nitrogens with two attached hydrogens (primary N) is 1. The van der Waals surface area contributed by atoms with Crippen LogP contribution in [0.2, 0.25) is 0 Å². The van der Waals surface area contributed by atoms with Gasteiger partial charge in [-0.1, -0.05) is 20.8 Å². The second-order valence-corrected chi connectivity index (χ2v) is 4.58. The van der Waals surface area contributed by atoms with Gasteiger partial charge >= 0.3 is 0 Å². The molecule has 0 aromatic carbocycles. The van der Waals surface area contributed by atoms with E-state index in [0.29, 0.717) is 11.8 Å². The van der Waals surface area contributed by atoms with Gasteiger partial charge in [0.15, 0.2) is 0 Å². The molecule has 0 saturated carbocycles.